The van der Waals surface area contributed by atoms with Crippen molar-refractivity contribution in [1.82, 2.24) is 0 Å². The molecule has 4 nitrogen and oxygen atoms in total. The molecule has 0 amide bonds. The van der Waals surface area contributed by atoms with Crippen molar-refractivity contribution in [2.75, 3.05) is 6.61 Å². The second-order valence-electron chi connectivity index (χ2n) is 2.59. The molecule has 0 unspecified atom stereocenters. The molecular weight excluding hydrogens is 170 g/mol. The van der Waals surface area contributed by atoms with Crippen molar-refractivity contribution in [2.24, 2.45) is 5.16 Å². The maximum atomic E-state index is 9.27. The maximum absolute atomic E-state index is 9.27. The molecule has 0 heterocycles. The Kier molecular flexibility index (Phi) is 3.14. The van der Waals surface area contributed by atoms with E-state index in [2.05, 4.69) is 5.16 Å². The summed E-state index contributed by atoms with van der Waals surface area (Å²) in [6.07, 6.45) is 0. The summed E-state index contributed by atoms with van der Waals surface area (Å²) in [5.74, 6) is 0.457. The third-order valence-electron chi connectivity index (χ3n) is 1.47. The number of hydrogen-bond donors (Lipinski definition) is 2. The summed E-state index contributed by atoms with van der Waals surface area (Å²) >= 11 is 0. The molecule has 2 N–H and O–H groups in total. The first-order valence-corrected chi connectivity index (χ1v) is 3.82. The zero-order valence-electron chi connectivity index (χ0n) is 7.27. The number of rotatable bonds is 3. The molecule has 0 saturated carbocycles. The number of phenols is 1. The Hall–Kier alpha value is -1.71. The topological polar surface area (TPSA) is 62.0 Å². The third-order valence-corrected chi connectivity index (χ3v) is 1.47. The molecule has 0 aliphatic carbocycles. The largest absolute Gasteiger partial charge is 0.504 e. The van der Waals surface area contributed by atoms with Gasteiger partial charge < -0.3 is 15.1 Å². The van der Waals surface area contributed by atoms with Crippen LogP contribution in [0.3, 0.4) is 0 Å². The Morgan fingerprint density at radius 1 is 1.46 bits per heavy atom. The molecule has 1 aromatic rings. The number of para-hydroxylation sites is 2. The minimum Gasteiger partial charge on any atom is -0.504 e. The normalized spacial score (nSPS) is 11.3. The molecule has 0 fully saturated rings. The summed E-state index contributed by atoms with van der Waals surface area (Å²) in [5.41, 5.74) is 0.447. The van der Waals surface area contributed by atoms with Crippen LogP contribution in [0.5, 0.6) is 11.5 Å². The number of hydrogen-bond acceptors (Lipinski definition) is 4. The maximum Gasteiger partial charge on any atom is 0.161 e. The fourth-order valence-electron chi connectivity index (χ4n) is 0.790. The number of phenolic OH excluding ortho intramolecular Hbond substituents is 1. The highest BCUT2D eigenvalue weighted by Crippen LogP contribution is 2.23. The van der Waals surface area contributed by atoms with E-state index in [0.717, 1.165) is 0 Å². The number of aromatic hydroxyl groups is 1. The van der Waals surface area contributed by atoms with Crippen LogP contribution in [-0.4, -0.2) is 22.6 Å². The molecule has 13 heavy (non-hydrogen) atoms. The van der Waals surface area contributed by atoms with Gasteiger partial charge in [-0.1, -0.05) is 17.3 Å². The summed E-state index contributed by atoms with van der Waals surface area (Å²) in [5, 5.41) is 20.5. The van der Waals surface area contributed by atoms with E-state index >= 15 is 0 Å². The van der Waals surface area contributed by atoms with E-state index in [0.29, 0.717) is 11.5 Å². The Balaban J connectivity index is 2.60. The predicted molar refractivity (Wildman–Crippen MR) is 48.5 cm³/mol. The molecule has 0 aliphatic rings. The number of nitrogens with zero attached hydrogens (tertiary/aromatic N) is 1. The molecule has 0 saturated heterocycles. The summed E-state index contributed by atoms with van der Waals surface area (Å²) in [4.78, 5) is 0. The quantitative estimate of drug-likeness (QED) is 0.423. The molecule has 0 radical (unpaired) electrons. The van der Waals surface area contributed by atoms with Crippen LogP contribution in [0.15, 0.2) is 29.4 Å². The van der Waals surface area contributed by atoms with Gasteiger partial charge in [0.25, 0.3) is 0 Å². The minimum absolute atomic E-state index is 0.0771. The van der Waals surface area contributed by atoms with E-state index < -0.39 is 0 Å². The zero-order valence-corrected chi connectivity index (χ0v) is 7.27. The van der Waals surface area contributed by atoms with Gasteiger partial charge in [-0.15, -0.1) is 0 Å². The fraction of sp³-hybridized carbons (Fsp3) is 0.222. The molecule has 0 aromatic heterocycles. The molecule has 0 aliphatic heterocycles. The van der Waals surface area contributed by atoms with Gasteiger partial charge in [0.15, 0.2) is 11.5 Å². The van der Waals surface area contributed by atoms with Crippen molar-refractivity contribution in [3.05, 3.63) is 24.3 Å². The SMILES string of the molecule is C/C(COc1ccccc1O)=N\O. The molecule has 4 heteroatoms. The third kappa shape index (κ3) is 2.66. The van der Waals surface area contributed by atoms with Crippen LogP contribution in [0.4, 0.5) is 0 Å². The number of oxime groups is 1. The van der Waals surface area contributed by atoms with Crippen molar-refractivity contribution in [3.63, 3.8) is 0 Å². The Morgan fingerprint density at radius 2 is 2.15 bits per heavy atom. The predicted octanol–water partition coefficient (Wildman–Crippen LogP) is 1.62. The Bertz CT molecular complexity index is 309. The fourth-order valence-corrected chi connectivity index (χ4v) is 0.790. The van der Waals surface area contributed by atoms with Gasteiger partial charge in [0.2, 0.25) is 0 Å². The van der Waals surface area contributed by atoms with Crippen LogP contribution in [-0.2, 0) is 0 Å². The molecule has 0 bridgehead atoms. The van der Waals surface area contributed by atoms with Gasteiger partial charge in [0, 0.05) is 0 Å². The van der Waals surface area contributed by atoms with Crippen LogP contribution in [0, 0.1) is 0 Å². The number of benzene rings is 1. The average molecular weight is 181 g/mol. The lowest BCUT2D eigenvalue weighted by Gasteiger charge is -2.05. The first-order chi connectivity index (χ1) is 6.24. The summed E-state index contributed by atoms with van der Waals surface area (Å²) in [6.45, 7) is 1.79. The van der Waals surface area contributed by atoms with Gasteiger partial charge in [0.05, 0.1) is 5.71 Å². The van der Waals surface area contributed by atoms with E-state index in [-0.39, 0.29) is 12.4 Å². The van der Waals surface area contributed by atoms with Gasteiger partial charge >= 0.3 is 0 Å². The highest BCUT2D eigenvalue weighted by atomic mass is 16.5. The van der Waals surface area contributed by atoms with Gasteiger partial charge in [-0.3, -0.25) is 0 Å². The van der Waals surface area contributed by atoms with Crippen molar-refractivity contribution in [3.8, 4) is 11.5 Å². The van der Waals surface area contributed by atoms with Gasteiger partial charge in [-0.25, -0.2) is 0 Å². The summed E-state index contributed by atoms with van der Waals surface area (Å²) in [6, 6.07) is 6.62. The average Bonchev–Trinajstić information content (AvgIpc) is 2.16. The molecule has 0 atom stereocenters. The van der Waals surface area contributed by atoms with Crippen LogP contribution < -0.4 is 4.74 Å². The van der Waals surface area contributed by atoms with Gasteiger partial charge in [-0.05, 0) is 19.1 Å². The van der Waals surface area contributed by atoms with Crippen LogP contribution in [0.2, 0.25) is 0 Å². The first kappa shape index (κ1) is 9.38. The molecule has 1 rings (SSSR count). The Morgan fingerprint density at radius 3 is 2.77 bits per heavy atom. The zero-order chi connectivity index (χ0) is 9.68. The van der Waals surface area contributed by atoms with E-state index in [9.17, 15) is 5.11 Å². The van der Waals surface area contributed by atoms with Gasteiger partial charge in [-0.2, -0.15) is 0 Å². The van der Waals surface area contributed by atoms with Crippen molar-refractivity contribution < 1.29 is 15.1 Å². The summed E-state index contributed by atoms with van der Waals surface area (Å²) in [7, 11) is 0. The van der Waals surface area contributed by atoms with Crippen molar-refractivity contribution >= 4 is 5.71 Å². The van der Waals surface area contributed by atoms with Crippen molar-refractivity contribution in [1.29, 1.82) is 0 Å². The van der Waals surface area contributed by atoms with E-state index in [1.165, 1.54) is 6.07 Å². The van der Waals surface area contributed by atoms with Crippen LogP contribution in [0.25, 0.3) is 0 Å². The lowest BCUT2D eigenvalue weighted by molar-refractivity contribution is 0.303. The van der Waals surface area contributed by atoms with Crippen molar-refractivity contribution in [2.45, 2.75) is 6.92 Å². The van der Waals surface area contributed by atoms with E-state index in [4.69, 9.17) is 9.94 Å². The lowest BCUT2D eigenvalue weighted by Crippen LogP contribution is -2.07. The lowest BCUT2D eigenvalue weighted by atomic mass is 10.3. The molecule has 70 valence electrons. The van der Waals surface area contributed by atoms with Gasteiger partial charge in [0.1, 0.15) is 6.61 Å². The molecule has 0 spiro atoms. The monoisotopic (exact) mass is 181 g/mol. The Labute approximate surface area is 76.1 Å². The number of ether oxygens (including phenoxy) is 1. The highest BCUT2D eigenvalue weighted by Gasteiger charge is 2.00. The van der Waals surface area contributed by atoms with Crippen LogP contribution >= 0.6 is 0 Å². The smallest absolute Gasteiger partial charge is 0.161 e. The second-order valence-corrected chi connectivity index (χ2v) is 2.59. The minimum atomic E-state index is 0.0771. The van der Waals surface area contributed by atoms with E-state index in [1.54, 1.807) is 25.1 Å². The van der Waals surface area contributed by atoms with E-state index in [1.807, 2.05) is 0 Å². The standard InChI is InChI=1S/C9H11NO3/c1-7(10-12)6-13-9-5-3-2-4-8(9)11/h2-5,11-12H,6H2,1H3/b10-7+. The van der Waals surface area contributed by atoms with Crippen LogP contribution in [0.1, 0.15) is 6.92 Å². The second kappa shape index (κ2) is 4.35. The highest BCUT2D eigenvalue weighted by molar-refractivity contribution is 5.82. The first-order valence-electron chi connectivity index (χ1n) is 3.82. The summed E-state index contributed by atoms with van der Waals surface area (Å²) < 4.78 is 5.15. The molecular formula is C9H11NO3. The molecule has 1 aromatic carbocycles.